The van der Waals surface area contributed by atoms with E-state index in [9.17, 15) is 4.79 Å². The van der Waals surface area contributed by atoms with Crippen LogP contribution in [-0.4, -0.2) is 35.5 Å². The number of amides is 1. The number of halogens is 1. The van der Waals surface area contributed by atoms with Gasteiger partial charge in [0.2, 0.25) is 5.91 Å². The number of nitrogens with one attached hydrogen (secondary N) is 1. The molecule has 0 spiro atoms. The fourth-order valence-corrected chi connectivity index (χ4v) is 3.87. The van der Waals surface area contributed by atoms with E-state index < -0.39 is 5.54 Å². The Morgan fingerprint density at radius 3 is 2.60 bits per heavy atom. The number of fused-ring (bicyclic) bond motifs is 2. The first kappa shape index (κ1) is 13.7. The molecule has 2 aliphatic rings. The Balaban J connectivity index is 1.88. The smallest absolute Gasteiger partial charge is 0.243 e. The van der Waals surface area contributed by atoms with Crippen molar-refractivity contribution in [3.8, 4) is 0 Å². The third-order valence-electron chi connectivity index (χ3n) is 4.83. The molecular weight excluding hydrogens is 274 g/mol. The highest BCUT2D eigenvalue weighted by Gasteiger charge is 2.50. The maximum Gasteiger partial charge on any atom is 0.243 e. The summed E-state index contributed by atoms with van der Waals surface area (Å²) in [6.07, 6.45) is 3.82. The minimum absolute atomic E-state index is 0.262. The Hall–Kier alpha value is -1.26. The molecule has 5 heteroatoms. The van der Waals surface area contributed by atoms with Crippen molar-refractivity contribution in [2.45, 2.75) is 43.3 Å². The fraction of sp³-hybridized carbons (Fsp3) is 0.533. The van der Waals surface area contributed by atoms with Gasteiger partial charge in [-0.3, -0.25) is 4.79 Å². The summed E-state index contributed by atoms with van der Waals surface area (Å²) in [6.45, 7) is 0. The fourth-order valence-electron chi connectivity index (χ4n) is 3.68. The van der Waals surface area contributed by atoms with Gasteiger partial charge in [-0.1, -0.05) is 17.7 Å². The van der Waals surface area contributed by atoms with Crippen LogP contribution in [0.25, 0.3) is 0 Å². The average molecular weight is 294 g/mol. The van der Waals surface area contributed by atoms with Gasteiger partial charge >= 0.3 is 0 Å². The van der Waals surface area contributed by atoms with Crippen LogP contribution < -0.4 is 11.1 Å². The van der Waals surface area contributed by atoms with E-state index in [1.807, 2.05) is 24.3 Å². The van der Waals surface area contributed by atoms with Gasteiger partial charge in [0.1, 0.15) is 5.54 Å². The summed E-state index contributed by atoms with van der Waals surface area (Å²) in [6, 6.07) is 8.34. The first-order chi connectivity index (χ1) is 9.50. The van der Waals surface area contributed by atoms with Crippen molar-refractivity contribution >= 4 is 23.2 Å². The first-order valence-corrected chi connectivity index (χ1v) is 7.43. The number of carbonyl (C=O) groups excluding carboxylic acids is 1. The molecule has 20 heavy (non-hydrogen) atoms. The van der Waals surface area contributed by atoms with Crippen molar-refractivity contribution in [1.82, 2.24) is 4.90 Å². The number of hydrogen-bond donors (Lipinski definition) is 2. The van der Waals surface area contributed by atoms with Crippen molar-refractivity contribution in [2.24, 2.45) is 5.73 Å². The summed E-state index contributed by atoms with van der Waals surface area (Å²) < 4.78 is 0. The number of anilines is 1. The Kier molecular flexibility index (Phi) is 3.38. The Morgan fingerprint density at radius 2 is 2.05 bits per heavy atom. The monoisotopic (exact) mass is 293 g/mol. The molecule has 3 N–H and O–H groups in total. The second-order valence-corrected chi connectivity index (χ2v) is 6.48. The molecule has 1 aromatic carbocycles. The number of primary amides is 1. The summed E-state index contributed by atoms with van der Waals surface area (Å²) in [4.78, 5) is 14.5. The lowest BCUT2D eigenvalue weighted by Crippen LogP contribution is -2.59. The van der Waals surface area contributed by atoms with E-state index in [-0.39, 0.29) is 5.91 Å². The number of hydrogen-bond acceptors (Lipinski definition) is 3. The number of piperidine rings is 1. The molecule has 4 nitrogen and oxygen atoms in total. The van der Waals surface area contributed by atoms with Crippen molar-refractivity contribution in [3.05, 3.63) is 29.3 Å². The normalized spacial score (nSPS) is 33.1. The average Bonchev–Trinajstić information content (AvgIpc) is 2.62. The standard InChI is InChI=1S/C15H20ClN3O/c1-19-12-5-6-13(19)9-15(8-12,14(17)20)18-11-4-2-3-10(16)7-11/h2-4,7,12-13,18H,5-6,8-9H2,1H3,(H2,17,20). The first-order valence-electron chi connectivity index (χ1n) is 7.06. The van der Waals surface area contributed by atoms with Crippen molar-refractivity contribution in [2.75, 3.05) is 12.4 Å². The highest BCUT2D eigenvalue weighted by molar-refractivity contribution is 6.30. The SMILES string of the molecule is CN1C2CCC1CC(Nc1cccc(Cl)c1)(C(N)=O)C2. The van der Waals surface area contributed by atoms with Gasteiger partial charge in [-0.2, -0.15) is 0 Å². The molecule has 1 aromatic rings. The second kappa shape index (κ2) is 4.93. The van der Waals surface area contributed by atoms with E-state index in [2.05, 4.69) is 17.3 Å². The second-order valence-electron chi connectivity index (χ2n) is 6.04. The number of nitrogens with two attached hydrogens (primary N) is 1. The van der Waals surface area contributed by atoms with Crippen molar-refractivity contribution < 1.29 is 4.79 Å². The highest BCUT2D eigenvalue weighted by Crippen LogP contribution is 2.41. The number of rotatable bonds is 3. The van der Waals surface area contributed by atoms with Crippen LogP contribution in [0.2, 0.25) is 5.02 Å². The predicted octanol–water partition coefficient (Wildman–Crippen LogP) is 2.23. The van der Waals surface area contributed by atoms with Crippen molar-refractivity contribution in [3.63, 3.8) is 0 Å². The van der Waals surface area contributed by atoms with Crippen LogP contribution in [0.1, 0.15) is 25.7 Å². The zero-order valence-electron chi connectivity index (χ0n) is 11.6. The van der Waals surface area contributed by atoms with E-state index in [0.29, 0.717) is 17.1 Å². The molecule has 108 valence electrons. The van der Waals surface area contributed by atoms with Gasteiger partial charge in [0.15, 0.2) is 0 Å². The summed E-state index contributed by atoms with van der Waals surface area (Å²) in [7, 11) is 2.15. The highest BCUT2D eigenvalue weighted by atomic mass is 35.5. The molecule has 2 aliphatic heterocycles. The lowest BCUT2D eigenvalue weighted by Gasteiger charge is -2.44. The summed E-state index contributed by atoms with van der Waals surface area (Å²) in [5.41, 5.74) is 5.94. The molecular formula is C15H20ClN3O. The zero-order chi connectivity index (χ0) is 14.3. The summed E-state index contributed by atoms with van der Waals surface area (Å²) in [5.74, 6) is -0.262. The number of nitrogens with zero attached hydrogens (tertiary/aromatic N) is 1. The maximum atomic E-state index is 12.1. The van der Waals surface area contributed by atoms with E-state index >= 15 is 0 Å². The van der Waals surface area contributed by atoms with Crippen LogP contribution in [0.4, 0.5) is 5.69 Å². The molecule has 2 unspecified atom stereocenters. The van der Waals surface area contributed by atoms with Crippen molar-refractivity contribution in [1.29, 1.82) is 0 Å². The molecule has 0 aliphatic carbocycles. The summed E-state index contributed by atoms with van der Waals surface area (Å²) in [5, 5.41) is 4.03. The van der Waals surface area contributed by atoms with Gasteiger partial charge in [-0.15, -0.1) is 0 Å². The van der Waals surface area contributed by atoms with Gasteiger partial charge in [0.05, 0.1) is 0 Å². The minimum Gasteiger partial charge on any atom is -0.371 e. The Labute approximate surface area is 124 Å². The maximum absolute atomic E-state index is 12.1. The van der Waals surface area contributed by atoms with Gasteiger partial charge in [-0.25, -0.2) is 0 Å². The number of benzene rings is 1. The largest absolute Gasteiger partial charge is 0.371 e. The van der Waals surface area contributed by atoms with E-state index in [1.165, 1.54) is 0 Å². The lowest BCUT2D eigenvalue weighted by atomic mass is 9.82. The molecule has 3 rings (SSSR count). The van der Waals surface area contributed by atoms with Crippen LogP contribution in [0, 0.1) is 0 Å². The molecule has 2 bridgehead atoms. The lowest BCUT2D eigenvalue weighted by molar-refractivity contribution is -0.124. The van der Waals surface area contributed by atoms with Crippen LogP contribution in [-0.2, 0) is 4.79 Å². The molecule has 2 heterocycles. The van der Waals surface area contributed by atoms with E-state index in [1.54, 1.807) is 0 Å². The Bertz CT molecular complexity index is 520. The van der Waals surface area contributed by atoms with Gasteiger partial charge in [-0.05, 0) is 50.9 Å². The molecule has 1 amide bonds. The quantitative estimate of drug-likeness (QED) is 0.898. The third kappa shape index (κ3) is 2.27. The zero-order valence-corrected chi connectivity index (χ0v) is 12.4. The molecule has 2 fully saturated rings. The molecule has 0 radical (unpaired) electrons. The summed E-state index contributed by atoms with van der Waals surface area (Å²) >= 11 is 6.02. The molecule has 2 atom stereocenters. The van der Waals surface area contributed by atoms with E-state index in [0.717, 1.165) is 31.4 Å². The van der Waals surface area contributed by atoms with E-state index in [4.69, 9.17) is 17.3 Å². The van der Waals surface area contributed by atoms with Crippen LogP contribution in [0.5, 0.6) is 0 Å². The molecule has 0 aromatic heterocycles. The Morgan fingerprint density at radius 1 is 1.40 bits per heavy atom. The molecule has 0 saturated carbocycles. The van der Waals surface area contributed by atoms with Crippen LogP contribution in [0.3, 0.4) is 0 Å². The van der Waals surface area contributed by atoms with Gasteiger partial charge in [0.25, 0.3) is 0 Å². The minimum atomic E-state index is -0.650. The van der Waals surface area contributed by atoms with Crippen LogP contribution in [0.15, 0.2) is 24.3 Å². The van der Waals surface area contributed by atoms with Gasteiger partial charge < -0.3 is 16.0 Å². The third-order valence-corrected chi connectivity index (χ3v) is 5.07. The number of carbonyl (C=O) groups is 1. The predicted molar refractivity (Wildman–Crippen MR) is 80.8 cm³/mol. The van der Waals surface area contributed by atoms with Crippen LogP contribution >= 0.6 is 11.6 Å². The topological polar surface area (TPSA) is 58.4 Å². The van der Waals surface area contributed by atoms with Gasteiger partial charge in [0, 0.05) is 22.8 Å². The molecule has 2 saturated heterocycles.